The molecule has 1 saturated heterocycles. The molecular weight excluding hydrogens is 348 g/mol. The molecule has 28 heavy (non-hydrogen) atoms. The van der Waals surface area contributed by atoms with Gasteiger partial charge in [0.25, 0.3) is 0 Å². The Kier molecular flexibility index (Phi) is 4.34. The molecular formula is C22H28N6. The third kappa shape index (κ3) is 3.17. The van der Waals surface area contributed by atoms with E-state index in [4.69, 9.17) is 4.98 Å². The fourth-order valence-electron chi connectivity index (χ4n) is 5.53. The zero-order valence-electron chi connectivity index (χ0n) is 16.6. The van der Waals surface area contributed by atoms with Gasteiger partial charge in [-0.05, 0) is 49.4 Å². The van der Waals surface area contributed by atoms with Crippen LogP contribution in [0.25, 0.3) is 11.3 Å². The first kappa shape index (κ1) is 17.7. The molecule has 6 nitrogen and oxygen atoms in total. The van der Waals surface area contributed by atoms with Crippen LogP contribution in [0.3, 0.4) is 0 Å². The molecule has 0 bridgehead atoms. The molecule has 0 aromatic carbocycles. The number of rotatable bonds is 4. The van der Waals surface area contributed by atoms with Crippen molar-refractivity contribution in [3.8, 4) is 17.3 Å². The minimum atomic E-state index is 0.366. The molecule has 0 radical (unpaired) electrons. The van der Waals surface area contributed by atoms with Crippen molar-refractivity contribution in [2.75, 3.05) is 18.0 Å². The first-order valence-electron chi connectivity index (χ1n) is 10.7. The minimum absolute atomic E-state index is 0.366. The van der Waals surface area contributed by atoms with E-state index in [0.29, 0.717) is 16.8 Å². The highest BCUT2D eigenvalue weighted by molar-refractivity contribution is 5.65. The number of anilines is 1. The lowest BCUT2D eigenvalue weighted by molar-refractivity contribution is 0.136. The van der Waals surface area contributed by atoms with E-state index in [1.54, 1.807) is 17.1 Å². The van der Waals surface area contributed by atoms with Gasteiger partial charge in [-0.25, -0.2) is 9.97 Å². The van der Waals surface area contributed by atoms with Gasteiger partial charge in [-0.2, -0.15) is 10.4 Å². The van der Waals surface area contributed by atoms with Crippen LogP contribution < -0.4 is 4.90 Å². The second-order valence-electron chi connectivity index (χ2n) is 9.06. The Morgan fingerprint density at radius 3 is 2.68 bits per heavy atom. The summed E-state index contributed by atoms with van der Waals surface area (Å²) in [4.78, 5) is 11.6. The summed E-state index contributed by atoms with van der Waals surface area (Å²) < 4.78 is 1.73. The van der Waals surface area contributed by atoms with Gasteiger partial charge in [-0.3, -0.25) is 4.68 Å². The van der Waals surface area contributed by atoms with Gasteiger partial charge in [0.15, 0.2) is 5.69 Å². The Morgan fingerprint density at radius 2 is 2.00 bits per heavy atom. The topological polar surface area (TPSA) is 70.6 Å². The van der Waals surface area contributed by atoms with Crippen LogP contribution in [-0.2, 0) is 7.05 Å². The van der Waals surface area contributed by atoms with Crippen LogP contribution in [0.2, 0.25) is 0 Å². The Labute approximate surface area is 166 Å². The lowest BCUT2D eigenvalue weighted by Crippen LogP contribution is -2.42. The van der Waals surface area contributed by atoms with E-state index in [9.17, 15) is 5.26 Å². The molecule has 146 valence electrons. The van der Waals surface area contributed by atoms with E-state index < -0.39 is 0 Å². The fourth-order valence-corrected chi connectivity index (χ4v) is 5.53. The van der Waals surface area contributed by atoms with Crippen LogP contribution >= 0.6 is 0 Å². The quantitative estimate of drug-likeness (QED) is 0.808. The Balaban J connectivity index is 1.34. The predicted octanol–water partition coefficient (Wildman–Crippen LogP) is 3.94. The van der Waals surface area contributed by atoms with Crippen LogP contribution in [0.5, 0.6) is 0 Å². The predicted molar refractivity (Wildman–Crippen MR) is 108 cm³/mol. The standard InChI is InChI=1S/C22H28N6/c1-27-15-17(13-25-27)21-19(12-23)24-14-20(26-21)28-9-7-22(8-10-28)6-2-3-18(22)11-16-4-5-16/h13-16,18H,2-11H2,1H3. The molecule has 1 unspecified atom stereocenters. The van der Waals surface area contributed by atoms with E-state index in [0.717, 1.165) is 36.3 Å². The number of hydrogen-bond acceptors (Lipinski definition) is 5. The second-order valence-corrected chi connectivity index (χ2v) is 9.06. The van der Waals surface area contributed by atoms with Crippen molar-refractivity contribution in [3.63, 3.8) is 0 Å². The summed E-state index contributed by atoms with van der Waals surface area (Å²) in [5.41, 5.74) is 2.43. The van der Waals surface area contributed by atoms with Crippen molar-refractivity contribution in [2.24, 2.45) is 24.3 Å². The van der Waals surface area contributed by atoms with E-state index in [2.05, 4.69) is 21.1 Å². The second kappa shape index (κ2) is 6.88. The number of hydrogen-bond donors (Lipinski definition) is 0. The highest BCUT2D eigenvalue weighted by Crippen LogP contribution is 2.55. The van der Waals surface area contributed by atoms with Gasteiger partial charge in [0.1, 0.15) is 17.6 Å². The molecule has 2 aromatic rings. The molecule has 1 aliphatic heterocycles. The maximum atomic E-state index is 9.44. The van der Waals surface area contributed by atoms with Gasteiger partial charge < -0.3 is 4.90 Å². The number of nitriles is 1. The summed E-state index contributed by atoms with van der Waals surface area (Å²) in [7, 11) is 1.87. The molecule has 0 N–H and O–H groups in total. The molecule has 1 spiro atoms. The molecule has 6 heteroatoms. The highest BCUT2D eigenvalue weighted by Gasteiger charge is 2.46. The monoisotopic (exact) mass is 376 g/mol. The molecule has 3 heterocycles. The van der Waals surface area contributed by atoms with Gasteiger partial charge in [0.05, 0.1) is 12.4 Å². The van der Waals surface area contributed by atoms with E-state index in [1.807, 2.05) is 13.2 Å². The van der Waals surface area contributed by atoms with Gasteiger partial charge in [0.2, 0.25) is 0 Å². The summed E-state index contributed by atoms with van der Waals surface area (Å²) in [5, 5.41) is 13.7. The smallest absolute Gasteiger partial charge is 0.167 e. The summed E-state index contributed by atoms with van der Waals surface area (Å²) in [6, 6.07) is 2.17. The SMILES string of the molecule is Cn1cc(-c2nc(N3CCC4(CCCC4CC4CC4)CC3)cnc2C#N)cn1. The van der Waals surface area contributed by atoms with E-state index >= 15 is 0 Å². The normalized spacial score (nSPS) is 23.9. The summed E-state index contributed by atoms with van der Waals surface area (Å²) in [6.07, 6.45) is 16.6. The molecule has 0 amide bonds. The van der Waals surface area contributed by atoms with Crippen molar-refractivity contribution >= 4 is 5.82 Å². The Morgan fingerprint density at radius 1 is 1.18 bits per heavy atom. The maximum Gasteiger partial charge on any atom is 0.167 e. The van der Waals surface area contributed by atoms with Crippen molar-refractivity contribution < 1.29 is 0 Å². The van der Waals surface area contributed by atoms with Crippen LogP contribution in [0.4, 0.5) is 5.82 Å². The lowest BCUT2D eigenvalue weighted by Gasteiger charge is -2.44. The highest BCUT2D eigenvalue weighted by atomic mass is 15.2. The Bertz CT molecular complexity index is 898. The molecule has 2 aromatic heterocycles. The van der Waals surface area contributed by atoms with E-state index in [1.165, 1.54) is 51.4 Å². The van der Waals surface area contributed by atoms with Crippen molar-refractivity contribution in [3.05, 3.63) is 24.3 Å². The molecule has 1 atom stereocenters. The number of aromatic nitrogens is 4. The van der Waals surface area contributed by atoms with Crippen LogP contribution in [-0.4, -0.2) is 32.8 Å². The molecule has 5 rings (SSSR count). The van der Waals surface area contributed by atoms with Crippen molar-refractivity contribution in [1.29, 1.82) is 5.26 Å². The largest absolute Gasteiger partial charge is 0.355 e. The van der Waals surface area contributed by atoms with Crippen LogP contribution in [0, 0.1) is 28.6 Å². The average Bonchev–Trinajstić information content (AvgIpc) is 3.32. The van der Waals surface area contributed by atoms with Gasteiger partial charge in [-0.15, -0.1) is 0 Å². The summed E-state index contributed by atoms with van der Waals surface area (Å²) in [6.45, 7) is 2.10. The number of nitrogens with zero attached hydrogens (tertiary/aromatic N) is 6. The zero-order valence-corrected chi connectivity index (χ0v) is 16.6. The van der Waals surface area contributed by atoms with Crippen LogP contribution in [0.1, 0.15) is 57.1 Å². The van der Waals surface area contributed by atoms with Gasteiger partial charge in [0, 0.05) is 31.9 Å². The molecule has 2 saturated carbocycles. The molecule has 3 fully saturated rings. The summed E-state index contributed by atoms with van der Waals surface area (Å²) in [5.74, 6) is 2.87. The first-order valence-corrected chi connectivity index (χ1v) is 10.7. The summed E-state index contributed by atoms with van der Waals surface area (Å²) >= 11 is 0. The Hall–Kier alpha value is -2.42. The number of aryl methyl sites for hydroxylation is 1. The fraction of sp³-hybridized carbons (Fsp3) is 0.636. The minimum Gasteiger partial charge on any atom is -0.355 e. The molecule has 3 aliphatic rings. The first-order chi connectivity index (χ1) is 13.7. The lowest BCUT2D eigenvalue weighted by atomic mass is 9.69. The molecule has 2 aliphatic carbocycles. The third-order valence-corrected chi connectivity index (χ3v) is 7.34. The van der Waals surface area contributed by atoms with Crippen LogP contribution in [0.15, 0.2) is 18.6 Å². The van der Waals surface area contributed by atoms with Crippen molar-refractivity contribution in [2.45, 2.75) is 51.4 Å². The third-order valence-electron chi connectivity index (χ3n) is 7.34. The average molecular weight is 377 g/mol. The zero-order chi connectivity index (χ0) is 19.1. The van der Waals surface area contributed by atoms with Gasteiger partial charge in [-0.1, -0.05) is 19.3 Å². The van der Waals surface area contributed by atoms with Gasteiger partial charge >= 0.3 is 0 Å². The van der Waals surface area contributed by atoms with Crippen molar-refractivity contribution in [1.82, 2.24) is 19.7 Å². The van der Waals surface area contributed by atoms with E-state index in [-0.39, 0.29) is 0 Å². The number of piperidine rings is 1. The maximum absolute atomic E-state index is 9.44.